The maximum atomic E-state index is 12.1. The minimum Gasteiger partial charge on any atom is -0.340 e. The normalized spacial score (nSPS) is 16.9. The van der Waals surface area contributed by atoms with Gasteiger partial charge in [-0.3, -0.25) is 4.79 Å². The molecule has 1 aromatic rings. The molecule has 1 atom stereocenters. The maximum Gasteiger partial charge on any atom is 0.219 e. The number of likely N-dealkylation sites (tertiary alicyclic amines) is 1. The van der Waals surface area contributed by atoms with Gasteiger partial charge in [-0.2, -0.15) is 0 Å². The summed E-state index contributed by atoms with van der Waals surface area (Å²) in [5.74, 6) is 0.697. The lowest BCUT2D eigenvalue weighted by Gasteiger charge is -2.38. The van der Waals surface area contributed by atoms with Gasteiger partial charge in [0, 0.05) is 32.6 Å². The summed E-state index contributed by atoms with van der Waals surface area (Å²) in [6.45, 7) is 10.4. The summed E-state index contributed by atoms with van der Waals surface area (Å²) >= 11 is 12.2. The molecule has 1 unspecified atom stereocenters. The van der Waals surface area contributed by atoms with Gasteiger partial charge in [-0.15, -0.1) is 0 Å². The molecule has 28 heavy (non-hydrogen) atoms. The quantitative estimate of drug-likeness (QED) is 0.405. The highest BCUT2D eigenvalue weighted by Crippen LogP contribution is 2.28. The van der Waals surface area contributed by atoms with Crippen molar-refractivity contribution in [3.63, 3.8) is 0 Å². The van der Waals surface area contributed by atoms with Crippen LogP contribution in [0.2, 0.25) is 10.0 Å². The highest BCUT2D eigenvalue weighted by atomic mass is 35.5. The first-order valence-electron chi connectivity index (χ1n) is 10.9. The zero-order valence-electron chi connectivity index (χ0n) is 17.7. The van der Waals surface area contributed by atoms with Gasteiger partial charge in [-0.25, -0.2) is 0 Å². The minimum absolute atomic E-state index is 0.239. The second kappa shape index (κ2) is 12.0. The first kappa shape index (κ1) is 23.5. The maximum absolute atomic E-state index is 12.1. The van der Waals surface area contributed by atoms with Crippen LogP contribution < -0.4 is 0 Å². The molecule has 0 saturated carbocycles. The molecule has 1 aromatic carbocycles. The molecule has 1 saturated heterocycles. The van der Waals surface area contributed by atoms with Crippen molar-refractivity contribution in [1.29, 1.82) is 0 Å². The van der Waals surface area contributed by atoms with Crippen LogP contribution >= 0.6 is 23.2 Å². The highest BCUT2D eigenvalue weighted by Gasteiger charge is 2.26. The van der Waals surface area contributed by atoms with Crippen LogP contribution in [0.4, 0.5) is 0 Å². The molecule has 1 aliphatic rings. The van der Waals surface area contributed by atoms with Crippen LogP contribution in [-0.4, -0.2) is 47.9 Å². The first-order chi connectivity index (χ1) is 13.4. The lowest BCUT2D eigenvalue weighted by atomic mass is 9.96. The Hall–Kier alpha value is -0.770. The van der Waals surface area contributed by atoms with Crippen molar-refractivity contribution < 1.29 is 4.79 Å². The van der Waals surface area contributed by atoms with E-state index in [4.69, 9.17) is 23.2 Å². The summed E-state index contributed by atoms with van der Waals surface area (Å²) in [5.41, 5.74) is 1.25. The SMILES string of the molecule is CCCCCCN(C(C)=O)C1CCN(CCC(C)c2ccc(Cl)c(Cl)c2)CC1. The van der Waals surface area contributed by atoms with Crippen molar-refractivity contribution >= 4 is 29.1 Å². The summed E-state index contributed by atoms with van der Waals surface area (Å²) in [4.78, 5) is 16.8. The van der Waals surface area contributed by atoms with E-state index in [0.717, 1.165) is 51.9 Å². The zero-order valence-corrected chi connectivity index (χ0v) is 19.2. The number of rotatable bonds is 10. The van der Waals surface area contributed by atoms with E-state index < -0.39 is 0 Å². The fraction of sp³-hybridized carbons (Fsp3) is 0.696. The van der Waals surface area contributed by atoms with Crippen LogP contribution in [0.15, 0.2) is 18.2 Å². The van der Waals surface area contributed by atoms with Crippen molar-refractivity contribution in [2.75, 3.05) is 26.2 Å². The highest BCUT2D eigenvalue weighted by molar-refractivity contribution is 6.42. The first-order valence-corrected chi connectivity index (χ1v) is 11.6. The second-order valence-corrected chi connectivity index (χ2v) is 9.02. The lowest BCUT2D eigenvalue weighted by molar-refractivity contribution is -0.132. The Balaban J connectivity index is 1.76. The van der Waals surface area contributed by atoms with Crippen molar-refractivity contribution in [1.82, 2.24) is 9.80 Å². The third-order valence-corrected chi connectivity index (χ3v) is 6.78. The Morgan fingerprint density at radius 3 is 2.50 bits per heavy atom. The standard InChI is InChI=1S/C23H36Cl2N2O/c1-4-5-6-7-13-27(19(3)28)21-11-15-26(16-12-21)14-10-18(2)20-8-9-22(24)23(25)17-20/h8-9,17-18,21H,4-7,10-16H2,1-3H3. The molecule has 0 radical (unpaired) electrons. The minimum atomic E-state index is 0.239. The van der Waals surface area contributed by atoms with Gasteiger partial charge in [-0.1, -0.05) is 62.4 Å². The number of nitrogens with zero attached hydrogens (tertiary/aromatic N) is 2. The van der Waals surface area contributed by atoms with Crippen LogP contribution in [0.1, 0.15) is 77.2 Å². The van der Waals surface area contributed by atoms with E-state index in [9.17, 15) is 4.79 Å². The molecule has 1 amide bonds. The fourth-order valence-corrected chi connectivity index (χ4v) is 4.43. The van der Waals surface area contributed by atoms with Gasteiger partial charge < -0.3 is 9.80 Å². The average molecular weight is 427 g/mol. The zero-order chi connectivity index (χ0) is 20.5. The number of carbonyl (C=O) groups excluding carboxylic acids is 1. The molecule has 1 aliphatic heterocycles. The number of hydrogen-bond acceptors (Lipinski definition) is 2. The van der Waals surface area contributed by atoms with Gasteiger partial charge >= 0.3 is 0 Å². The van der Waals surface area contributed by atoms with Gasteiger partial charge in [0.15, 0.2) is 0 Å². The number of halogens is 2. The largest absolute Gasteiger partial charge is 0.340 e. The number of benzene rings is 1. The molecule has 5 heteroatoms. The monoisotopic (exact) mass is 426 g/mol. The van der Waals surface area contributed by atoms with Crippen molar-refractivity contribution in [2.24, 2.45) is 0 Å². The third kappa shape index (κ3) is 7.24. The Kier molecular flexibility index (Phi) is 10.1. The van der Waals surface area contributed by atoms with Crippen LogP contribution in [0.3, 0.4) is 0 Å². The van der Waals surface area contributed by atoms with E-state index in [1.165, 1.54) is 24.8 Å². The molecule has 3 nitrogen and oxygen atoms in total. The van der Waals surface area contributed by atoms with E-state index in [-0.39, 0.29) is 5.91 Å². The van der Waals surface area contributed by atoms with E-state index >= 15 is 0 Å². The topological polar surface area (TPSA) is 23.6 Å². The predicted molar refractivity (Wildman–Crippen MR) is 120 cm³/mol. The molecular weight excluding hydrogens is 391 g/mol. The van der Waals surface area contributed by atoms with Gasteiger partial charge in [0.25, 0.3) is 0 Å². The molecule has 0 N–H and O–H groups in total. The molecular formula is C23H36Cl2N2O. The number of unbranched alkanes of at least 4 members (excludes halogenated alkanes) is 3. The van der Waals surface area contributed by atoms with Crippen molar-refractivity contribution in [2.45, 2.75) is 77.7 Å². The van der Waals surface area contributed by atoms with E-state index in [1.54, 1.807) is 6.92 Å². The average Bonchev–Trinajstić information content (AvgIpc) is 2.68. The summed E-state index contributed by atoms with van der Waals surface area (Å²) in [6.07, 6.45) is 8.15. The van der Waals surface area contributed by atoms with Crippen LogP contribution in [0, 0.1) is 0 Å². The van der Waals surface area contributed by atoms with Crippen molar-refractivity contribution in [3.8, 4) is 0 Å². The third-order valence-electron chi connectivity index (χ3n) is 6.05. The van der Waals surface area contributed by atoms with Crippen LogP contribution in [0.25, 0.3) is 0 Å². The summed E-state index contributed by atoms with van der Waals surface area (Å²) in [7, 11) is 0. The Labute approximate surface area is 181 Å². The van der Waals surface area contributed by atoms with Crippen LogP contribution in [-0.2, 0) is 4.79 Å². The predicted octanol–water partition coefficient (Wildman–Crippen LogP) is 6.38. The van der Waals surface area contributed by atoms with Crippen molar-refractivity contribution in [3.05, 3.63) is 33.8 Å². The number of carbonyl (C=O) groups is 1. The number of hydrogen-bond donors (Lipinski definition) is 0. The number of piperidine rings is 1. The van der Waals surface area contributed by atoms with E-state index in [0.29, 0.717) is 22.0 Å². The van der Waals surface area contributed by atoms with E-state index in [2.05, 4.69) is 29.7 Å². The molecule has 0 aliphatic carbocycles. The second-order valence-electron chi connectivity index (χ2n) is 8.21. The van der Waals surface area contributed by atoms with Gasteiger partial charge in [0.05, 0.1) is 10.0 Å². The fourth-order valence-electron chi connectivity index (χ4n) is 4.12. The summed E-state index contributed by atoms with van der Waals surface area (Å²) in [6, 6.07) is 6.37. The van der Waals surface area contributed by atoms with Gasteiger partial charge in [0.1, 0.15) is 0 Å². The molecule has 0 aromatic heterocycles. The molecule has 158 valence electrons. The van der Waals surface area contributed by atoms with E-state index in [1.807, 2.05) is 12.1 Å². The van der Waals surface area contributed by atoms with Gasteiger partial charge in [0.2, 0.25) is 5.91 Å². The molecule has 2 rings (SSSR count). The smallest absolute Gasteiger partial charge is 0.219 e. The Morgan fingerprint density at radius 2 is 1.89 bits per heavy atom. The summed E-state index contributed by atoms with van der Waals surface area (Å²) < 4.78 is 0. The lowest BCUT2D eigenvalue weighted by Crippen LogP contribution is -2.47. The molecule has 1 fully saturated rings. The Morgan fingerprint density at radius 1 is 1.18 bits per heavy atom. The molecule has 0 spiro atoms. The summed E-state index contributed by atoms with van der Waals surface area (Å²) in [5, 5.41) is 1.25. The molecule has 1 heterocycles. The van der Waals surface area contributed by atoms with Gasteiger partial charge in [-0.05, 0) is 55.8 Å². The van der Waals surface area contributed by atoms with Crippen LogP contribution in [0.5, 0.6) is 0 Å². The molecule has 0 bridgehead atoms. The Bertz CT molecular complexity index is 615. The number of amides is 1.